The number of hydrogen-bond acceptors (Lipinski definition) is 3. The second kappa shape index (κ2) is 9.79. The molecular weight excluding hydrogens is 338 g/mol. The number of unbranched alkanes of at least 4 members (excludes halogenated alkanes) is 2. The molecule has 0 fully saturated rings. The third kappa shape index (κ3) is 6.19. The van der Waals surface area contributed by atoms with E-state index in [9.17, 15) is 9.59 Å². The molecule has 0 aliphatic carbocycles. The number of nitrogens with zero attached hydrogens (tertiary/aromatic N) is 1. The molecule has 132 valence electrons. The highest BCUT2D eigenvalue weighted by molar-refractivity contribution is 6.30. The molecule has 2 amide bonds. The van der Waals surface area contributed by atoms with E-state index in [1.54, 1.807) is 18.2 Å². The maximum absolute atomic E-state index is 12.2. The minimum absolute atomic E-state index is 0.190. The van der Waals surface area contributed by atoms with E-state index in [0.29, 0.717) is 23.7 Å². The summed E-state index contributed by atoms with van der Waals surface area (Å²) in [4.78, 5) is 28.4. The van der Waals surface area contributed by atoms with E-state index in [2.05, 4.69) is 22.5 Å². The quantitative estimate of drug-likeness (QED) is 0.707. The summed E-state index contributed by atoms with van der Waals surface area (Å²) < 4.78 is 0. The first-order valence-corrected chi connectivity index (χ1v) is 8.75. The van der Waals surface area contributed by atoms with Crippen molar-refractivity contribution in [2.24, 2.45) is 0 Å². The smallest absolute Gasteiger partial charge is 0.270 e. The summed E-state index contributed by atoms with van der Waals surface area (Å²) in [6.07, 6.45) is 4.60. The van der Waals surface area contributed by atoms with Gasteiger partial charge < -0.3 is 10.6 Å². The summed E-state index contributed by atoms with van der Waals surface area (Å²) in [6, 6.07) is 10.3. The molecule has 0 aliphatic heterocycles. The molecule has 0 spiro atoms. The lowest BCUT2D eigenvalue weighted by Gasteiger charge is -2.07. The monoisotopic (exact) mass is 359 g/mol. The van der Waals surface area contributed by atoms with Gasteiger partial charge in [0.1, 0.15) is 5.69 Å². The van der Waals surface area contributed by atoms with Crippen LogP contribution in [-0.2, 0) is 6.54 Å². The van der Waals surface area contributed by atoms with Crippen LogP contribution >= 0.6 is 11.6 Å². The van der Waals surface area contributed by atoms with Crippen molar-refractivity contribution in [2.45, 2.75) is 32.7 Å². The average molecular weight is 360 g/mol. The summed E-state index contributed by atoms with van der Waals surface area (Å²) in [5.41, 5.74) is 1.58. The lowest BCUT2D eigenvalue weighted by molar-refractivity contribution is 0.0946. The second-order valence-electron chi connectivity index (χ2n) is 5.70. The standard InChI is InChI=1S/C19H22ClN3O2/c1-2-3-4-10-22-18(24)15-9-11-21-17(12-15)19(25)23-13-14-5-7-16(20)8-6-14/h5-9,11-12H,2-4,10,13H2,1H3,(H,22,24)(H,23,25). The average Bonchev–Trinajstić information content (AvgIpc) is 2.64. The van der Waals surface area contributed by atoms with Crippen LogP contribution in [0.15, 0.2) is 42.6 Å². The van der Waals surface area contributed by atoms with Gasteiger partial charge in [-0.15, -0.1) is 0 Å². The third-order valence-corrected chi connectivity index (χ3v) is 3.94. The zero-order valence-corrected chi connectivity index (χ0v) is 15.0. The molecule has 6 heteroatoms. The number of benzene rings is 1. The number of nitrogens with one attached hydrogen (secondary N) is 2. The van der Waals surface area contributed by atoms with Crippen LogP contribution in [0.4, 0.5) is 0 Å². The van der Waals surface area contributed by atoms with Crippen molar-refractivity contribution in [1.29, 1.82) is 0 Å². The molecule has 0 saturated heterocycles. The largest absolute Gasteiger partial charge is 0.352 e. The van der Waals surface area contributed by atoms with Crippen LogP contribution in [0.1, 0.15) is 52.6 Å². The van der Waals surface area contributed by atoms with Crippen molar-refractivity contribution in [3.63, 3.8) is 0 Å². The van der Waals surface area contributed by atoms with E-state index >= 15 is 0 Å². The summed E-state index contributed by atoms with van der Waals surface area (Å²) in [6.45, 7) is 3.11. The van der Waals surface area contributed by atoms with Crippen LogP contribution in [-0.4, -0.2) is 23.3 Å². The topological polar surface area (TPSA) is 71.1 Å². The van der Waals surface area contributed by atoms with Gasteiger partial charge in [0.25, 0.3) is 11.8 Å². The van der Waals surface area contributed by atoms with Crippen LogP contribution in [0.5, 0.6) is 0 Å². The van der Waals surface area contributed by atoms with E-state index in [0.717, 1.165) is 24.8 Å². The molecule has 2 N–H and O–H groups in total. The van der Waals surface area contributed by atoms with Crippen LogP contribution in [0.2, 0.25) is 5.02 Å². The highest BCUT2D eigenvalue weighted by Gasteiger charge is 2.11. The fourth-order valence-electron chi connectivity index (χ4n) is 2.25. The molecule has 1 aromatic carbocycles. The van der Waals surface area contributed by atoms with Crippen molar-refractivity contribution in [3.05, 3.63) is 64.4 Å². The van der Waals surface area contributed by atoms with Crippen molar-refractivity contribution in [2.75, 3.05) is 6.54 Å². The molecule has 0 aliphatic rings. The number of rotatable bonds is 8. The molecule has 2 rings (SSSR count). The zero-order valence-electron chi connectivity index (χ0n) is 14.2. The predicted molar refractivity (Wildman–Crippen MR) is 98.7 cm³/mol. The number of carbonyl (C=O) groups is 2. The molecule has 1 aromatic heterocycles. The molecule has 5 nitrogen and oxygen atoms in total. The number of hydrogen-bond donors (Lipinski definition) is 2. The Morgan fingerprint density at radius 1 is 1.04 bits per heavy atom. The second-order valence-corrected chi connectivity index (χ2v) is 6.14. The minimum atomic E-state index is -0.324. The lowest BCUT2D eigenvalue weighted by Crippen LogP contribution is -2.26. The van der Waals surface area contributed by atoms with Crippen molar-refractivity contribution in [3.8, 4) is 0 Å². The maximum atomic E-state index is 12.2. The van der Waals surface area contributed by atoms with Gasteiger partial charge in [0.05, 0.1) is 0 Å². The number of halogens is 1. The van der Waals surface area contributed by atoms with Gasteiger partial charge in [-0.3, -0.25) is 14.6 Å². The first-order chi connectivity index (χ1) is 12.1. The normalized spacial score (nSPS) is 10.3. The molecule has 0 bridgehead atoms. The zero-order chi connectivity index (χ0) is 18.1. The van der Waals surface area contributed by atoms with Gasteiger partial charge in [0, 0.05) is 29.9 Å². The van der Waals surface area contributed by atoms with Crippen LogP contribution < -0.4 is 10.6 Å². The first-order valence-electron chi connectivity index (χ1n) is 8.37. The van der Waals surface area contributed by atoms with E-state index in [1.807, 2.05) is 12.1 Å². The molecule has 25 heavy (non-hydrogen) atoms. The van der Waals surface area contributed by atoms with E-state index in [4.69, 9.17) is 11.6 Å². The Labute approximate surface area is 152 Å². The van der Waals surface area contributed by atoms with Crippen molar-refractivity contribution < 1.29 is 9.59 Å². The SMILES string of the molecule is CCCCCNC(=O)c1ccnc(C(=O)NCc2ccc(Cl)cc2)c1. The molecule has 0 radical (unpaired) electrons. The lowest BCUT2D eigenvalue weighted by atomic mass is 10.2. The Balaban J connectivity index is 1.91. The highest BCUT2D eigenvalue weighted by atomic mass is 35.5. The summed E-state index contributed by atoms with van der Waals surface area (Å²) in [5, 5.41) is 6.28. The fourth-order valence-corrected chi connectivity index (χ4v) is 2.38. The van der Waals surface area contributed by atoms with E-state index < -0.39 is 0 Å². The van der Waals surface area contributed by atoms with Gasteiger partial charge >= 0.3 is 0 Å². The number of amides is 2. The Morgan fingerprint density at radius 3 is 2.52 bits per heavy atom. The molecule has 1 heterocycles. The maximum Gasteiger partial charge on any atom is 0.270 e. The molecule has 0 atom stereocenters. The van der Waals surface area contributed by atoms with Gasteiger partial charge in [-0.05, 0) is 36.2 Å². The third-order valence-electron chi connectivity index (χ3n) is 3.69. The summed E-state index contributed by atoms with van der Waals surface area (Å²) in [5.74, 6) is -0.513. The van der Waals surface area contributed by atoms with Gasteiger partial charge in [0.15, 0.2) is 0 Å². The Hall–Kier alpha value is -2.40. The van der Waals surface area contributed by atoms with Crippen LogP contribution in [0.3, 0.4) is 0 Å². The van der Waals surface area contributed by atoms with Gasteiger partial charge in [-0.1, -0.05) is 43.5 Å². The molecule has 0 saturated carbocycles. The van der Waals surface area contributed by atoms with Gasteiger partial charge in [0.2, 0.25) is 0 Å². The Morgan fingerprint density at radius 2 is 1.80 bits per heavy atom. The first kappa shape index (κ1) is 18.9. The molecule has 2 aromatic rings. The van der Waals surface area contributed by atoms with Gasteiger partial charge in [-0.25, -0.2) is 0 Å². The Kier molecular flexibility index (Phi) is 7.41. The van der Waals surface area contributed by atoms with E-state index in [1.165, 1.54) is 12.3 Å². The predicted octanol–water partition coefficient (Wildman–Crippen LogP) is 3.59. The summed E-state index contributed by atoms with van der Waals surface area (Å²) in [7, 11) is 0. The van der Waals surface area contributed by atoms with Gasteiger partial charge in [-0.2, -0.15) is 0 Å². The Bertz CT molecular complexity index is 717. The van der Waals surface area contributed by atoms with E-state index in [-0.39, 0.29) is 17.5 Å². The van der Waals surface area contributed by atoms with Crippen molar-refractivity contribution in [1.82, 2.24) is 15.6 Å². The molecule has 0 unspecified atom stereocenters. The number of aromatic nitrogens is 1. The number of carbonyl (C=O) groups excluding carboxylic acids is 2. The van der Waals surface area contributed by atoms with Crippen LogP contribution in [0, 0.1) is 0 Å². The minimum Gasteiger partial charge on any atom is -0.352 e. The number of pyridine rings is 1. The summed E-state index contributed by atoms with van der Waals surface area (Å²) >= 11 is 5.84. The molecular formula is C19H22ClN3O2. The highest BCUT2D eigenvalue weighted by Crippen LogP contribution is 2.09. The van der Waals surface area contributed by atoms with Crippen LogP contribution in [0.25, 0.3) is 0 Å². The fraction of sp³-hybridized carbons (Fsp3) is 0.316. The van der Waals surface area contributed by atoms with Crippen molar-refractivity contribution >= 4 is 23.4 Å².